The van der Waals surface area contributed by atoms with E-state index in [0.29, 0.717) is 38.6 Å². The molecule has 0 radical (unpaired) electrons. The minimum absolute atomic E-state index is 0.161. The second-order valence-electron chi connectivity index (χ2n) is 6.37. The average Bonchev–Trinajstić information content (AvgIpc) is 2.75. The highest BCUT2D eigenvalue weighted by Gasteiger charge is 2.49. The minimum Gasteiger partial charge on any atom is -0.315 e. The lowest BCUT2D eigenvalue weighted by molar-refractivity contribution is -0.138. The fraction of sp³-hybridized carbons (Fsp3) is 0.688. The number of hydrogen-bond donors (Lipinski definition) is 0. The van der Waals surface area contributed by atoms with Gasteiger partial charge in [-0.2, -0.15) is 0 Å². The van der Waals surface area contributed by atoms with Gasteiger partial charge >= 0.3 is 0 Å². The normalized spacial score (nSPS) is 26.9. The van der Waals surface area contributed by atoms with Crippen LogP contribution < -0.4 is 0 Å². The summed E-state index contributed by atoms with van der Waals surface area (Å²) in [6.45, 7) is 2.56. The van der Waals surface area contributed by atoms with Crippen LogP contribution in [-0.4, -0.2) is 28.9 Å². The smallest absolute Gasteiger partial charge is 0.233 e. The monoisotopic (exact) mass is 275 g/mol. The Labute approximate surface area is 119 Å². The fourth-order valence-electron chi connectivity index (χ4n) is 3.84. The molecular formula is C16H21NO3. The molecule has 1 aliphatic heterocycles. The van der Waals surface area contributed by atoms with Crippen LogP contribution in [-0.2, 0) is 14.4 Å². The number of ketones is 2. The van der Waals surface area contributed by atoms with Gasteiger partial charge in [0, 0.05) is 37.1 Å². The third kappa shape index (κ3) is 2.02. The summed E-state index contributed by atoms with van der Waals surface area (Å²) in [4.78, 5) is 37.9. The van der Waals surface area contributed by atoms with E-state index in [2.05, 4.69) is 0 Å². The Morgan fingerprint density at radius 1 is 0.950 bits per heavy atom. The SMILES string of the molecule is CC1=C(N2CCC3(CCC(=O)CC3)C2=O)CCCC1=O. The lowest BCUT2D eigenvalue weighted by Crippen LogP contribution is -2.38. The first kappa shape index (κ1) is 13.5. The molecule has 0 aromatic carbocycles. The van der Waals surface area contributed by atoms with Crippen LogP contribution >= 0.6 is 0 Å². The topological polar surface area (TPSA) is 54.5 Å². The zero-order valence-electron chi connectivity index (χ0n) is 12.0. The van der Waals surface area contributed by atoms with E-state index in [1.807, 2.05) is 11.8 Å². The van der Waals surface area contributed by atoms with Gasteiger partial charge in [0.2, 0.25) is 5.91 Å². The lowest BCUT2D eigenvalue weighted by Gasteiger charge is -2.32. The lowest BCUT2D eigenvalue weighted by atomic mass is 9.72. The van der Waals surface area contributed by atoms with Gasteiger partial charge < -0.3 is 4.90 Å². The molecule has 0 aromatic heterocycles. The third-order valence-corrected chi connectivity index (χ3v) is 5.27. The Hall–Kier alpha value is -1.45. The van der Waals surface area contributed by atoms with Crippen molar-refractivity contribution < 1.29 is 14.4 Å². The number of carbonyl (C=O) groups is 3. The first-order valence-electron chi connectivity index (χ1n) is 7.60. The summed E-state index contributed by atoms with van der Waals surface area (Å²) in [6.07, 6.45) is 5.59. The van der Waals surface area contributed by atoms with E-state index in [9.17, 15) is 14.4 Å². The highest BCUT2D eigenvalue weighted by molar-refractivity contribution is 5.98. The summed E-state index contributed by atoms with van der Waals surface area (Å²) in [7, 11) is 0. The van der Waals surface area contributed by atoms with Crippen LogP contribution in [0.15, 0.2) is 11.3 Å². The maximum absolute atomic E-state index is 12.8. The van der Waals surface area contributed by atoms with E-state index >= 15 is 0 Å². The molecule has 0 bridgehead atoms. The van der Waals surface area contributed by atoms with Gasteiger partial charge in [0.15, 0.2) is 5.78 Å². The van der Waals surface area contributed by atoms with E-state index in [1.165, 1.54) is 0 Å². The van der Waals surface area contributed by atoms with E-state index in [1.54, 1.807) is 0 Å². The fourth-order valence-corrected chi connectivity index (χ4v) is 3.84. The maximum Gasteiger partial charge on any atom is 0.233 e. The largest absolute Gasteiger partial charge is 0.315 e. The molecule has 1 heterocycles. The number of Topliss-reactive ketones (excluding diaryl/α,β-unsaturated/α-hetero) is 2. The molecule has 0 unspecified atom stereocenters. The number of carbonyl (C=O) groups excluding carboxylic acids is 3. The first-order chi connectivity index (χ1) is 9.53. The molecule has 108 valence electrons. The van der Waals surface area contributed by atoms with Gasteiger partial charge in [-0.05, 0) is 39.0 Å². The highest BCUT2D eigenvalue weighted by atomic mass is 16.2. The van der Waals surface area contributed by atoms with Crippen LogP contribution in [0.2, 0.25) is 0 Å². The standard InChI is InChI=1S/C16H21NO3/c1-11-13(3-2-4-14(11)19)17-10-9-16(15(17)20)7-5-12(18)6-8-16/h2-10H2,1H3. The molecule has 3 rings (SSSR count). The predicted molar refractivity (Wildman–Crippen MR) is 73.8 cm³/mol. The van der Waals surface area contributed by atoms with Gasteiger partial charge in [0.1, 0.15) is 5.78 Å². The molecule has 2 fully saturated rings. The van der Waals surface area contributed by atoms with Crippen molar-refractivity contribution in [1.82, 2.24) is 4.90 Å². The minimum atomic E-state index is -0.318. The molecule has 0 aromatic rings. The van der Waals surface area contributed by atoms with Gasteiger partial charge in [0.05, 0.1) is 5.41 Å². The number of likely N-dealkylation sites (tertiary alicyclic amines) is 1. The summed E-state index contributed by atoms with van der Waals surface area (Å²) < 4.78 is 0. The van der Waals surface area contributed by atoms with Crippen molar-refractivity contribution in [3.05, 3.63) is 11.3 Å². The second kappa shape index (κ2) is 4.83. The maximum atomic E-state index is 12.8. The van der Waals surface area contributed by atoms with E-state index < -0.39 is 0 Å². The van der Waals surface area contributed by atoms with E-state index in [-0.39, 0.29) is 22.9 Å². The molecule has 20 heavy (non-hydrogen) atoms. The summed E-state index contributed by atoms with van der Waals surface area (Å²) in [6, 6.07) is 0. The van der Waals surface area contributed by atoms with Crippen molar-refractivity contribution >= 4 is 17.5 Å². The van der Waals surface area contributed by atoms with Crippen molar-refractivity contribution in [2.75, 3.05) is 6.54 Å². The molecule has 1 saturated heterocycles. The molecule has 4 heteroatoms. The number of rotatable bonds is 1. The average molecular weight is 275 g/mol. The number of amides is 1. The van der Waals surface area contributed by atoms with Crippen molar-refractivity contribution in [1.29, 1.82) is 0 Å². The Bertz CT molecular complexity index is 508. The quantitative estimate of drug-likeness (QED) is 0.738. The first-order valence-corrected chi connectivity index (χ1v) is 7.60. The molecule has 1 amide bonds. The number of nitrogens with zero attached hydrogens (tertiary/aromatic N) is 1. The Morgan fingerprint density at radius 2 is 1.65 bits per heavy atom. The predicted octanol–water partition coefficient (Wildman–Crippen LogP) is 2.38. The van der Waals surface area contributed by atoms with Gasteiger partial charge in [-0.25, -0.2) is 0 Å². The summed E-state index contributed by atoms with van der Waals surface area (Å²) in [5, 5.41) is 0. The van der Waals surface area contributed by atoms with Crippen LogP contribution in [0, 0.1) is 5.41 Å². The summed E-state index contributed by atoms with van der Waals surface area (Å²) >= 11 is 0. The van der Waals surface area contributed by atoms with Gasteiger partial charge in [-0.15, -0.1) is 0 Å². The molecule has 4 nitrogen and oxygen atoms in total. The molecule has 1 spiro atoms. The zero-order chi connectivity index (χ0) is 14.3. The van der Waals surface area contributed by atoms with Crippen molar-refractivity contribution in [2.24, 2.45) is 5.41 Å². The second-order valence-corrected chi connectivity index (χ2v) is 6.37. The highest BCUT2D eigenvalue weighted by Crippen LogP contribution is 2.46. The van der Waals surface area contributed by atoms with Crippen molar-refractivity contribution in [3.8, 4) is 0 Å². The van der Waals surface area contributed by atoms with Crippen molar-refractivity contribution in [2.45, 2.75) is 58.3 Å². The number of allylic oxidation sites excluding steroid dienone is 2. The van der Waals surface area contributed by atoms with Crippen LogP contribution in [0.5, 0.6) is 0 Å². The summed E-state index contributed by atoms with van der Waals surface area (Å²) in [5.74, 6) is 0.623. The van der Waals surface area contributed by atoms with Crippen molar-refractivity contribution in [3.63, 3.8) is 0 Å². The molecule has 3 aliphatic rings. The van der Waals surface area contributed by atoms with E-state index in [4.69, 9.17) is 0 Å². The van der Waals surface area contributed by atoms with Gasteiger partial charge in [-0.3, -0.25) is 14.4 Å². The van der Waals surface area contributed by atoms with Gasteiger partial charge in [0.25, 0.3) is 0 Å². The van der Waals surface area contributed by atoms with Crippen LogP contribution in [0.3, 0.4) is 0 Å². The summed E-state index contributed by atoms with van der Waals surface area (Å²) in [5.41, 5.74) is 1.40. The molecule has 0 N–H and O–H groups in total. The zero-order valence-corrected chi connectivity index (χ0v) is 12.0. The molecular weight excluding hydrogens is 254 g/mol. The molecule has 0 atom stereocenters. The van der Waals surface area contributed by atoms with E-state index in [0.717, 1.165) is 30.5 Å². The van der Waals surface area contributed by atoms with Gasteiger partial charge in [-0.1, -0.05) is 0 Å². The van der Waals surface area contributed by atoms with Crippen LogP contribution in [0.4, 0.5) is 0 Å². The Balaban J connectivity index is 1.84. The Morgan fingerprint density at radius 3 is 2.35 bits per heavy atom. The Kier molecular flexibility index (Phi) is 3.27. The molecule has 2 aliphatic carbocycles. The van der Waals surface area contributed by atoms with Crippen LogP contribution in [0.1, 0.15) is 58.3 Å². The number of hydrogen-bond acceptors (Lipinski definition) is 3. The van der Waals surface area contributed by atoms with Crippen LogP contribution in [0.25, 0.3) is 0 Å². The third-order valence-electron chi connectivity index (χ3n) is 5.27. The molecule has 1 saturated carbocycles.